The van der Waals surface area contributed by atoms with Crippen molar-refractivity contribution in [2.24, 2.45) is 0 Å². The van der Waals surface area contributed by atoms with E-state index in [1.165, 1.54) is 30.2 Å². The molecule has 0 aromatic heterocycles. The third-order valence-electron chi connectivity index (χ3n) is 5.31. The van der Waals surface area contributed by atoms with Crippen LogP contribution in [0.1, 0.15) is 26.3 Å². The van der Waals surface area contributed by atoms with E-state index in [2.05, 4.69) is 90.7 Å². The molecule has 1 atom stereocenters. The molecule has 0 aliphatic rings. The summed E-state index contributed by atoms with van der Waals surface area (Å²) in [4.78, 5) is 0. The van der Waals surface area contributed by atoms with Gasteiger partial charge in [-0.05, 0) is 34.1 Å². The van der Waals surface area contributed by atoms with Crippen LogP contribution < -0.4 is 10.6 Å². The van der Waals surface area contributed by atoms with Gasteiger partial charge in [0.25, 0.3) is 0 Å². The van der Waals surface area contributed by atoms with Crippen molar-refractivity contribution in [3.8, 4) is 28.0 Å². The van der Waals surface area contributed by atoms with Gasteiger partial charge >= 0.3 is 28.7 Å². The molecule has 0 saturated heterocycles. The maximum absolute atomic E-state index is 11.3. The minimum atomic E-state index is -0.0773. The van der Waals surface area contributed by atoms with Gasteiger partial charge in [0.2, 0.25) is 0 Å². The van der Waals surface area contributed by atoms with Gasteiger partial charge < -0.3 is 10.4 Å². The van der Waals surface area contributed by atoms with E-state index in [9.17, 15) is 5.11 Å². The van der Waals surface area contributed by atoms with Crippen LogP contribution in [-0.4, -0.2) is 10.6 Å². The first-order chi connectivity index (χ1) is 16.4. The van der Waals surface area contributed by atoms with Gasteiger partial charge in [-0.2, -0.15) is 0 Å². The molecule has 0 bridgehead atoms. The zero-order chi connectivity index (χ0) is 24.6. The Balaban J connectivity index is 0.00000158. The number of rotatable bonds is 6. The molecule has 0 aliphatic carbocycles. The predicted molar refractivity (Wildman–Crippen MR) is 146 cm³/mol. The summed E-state index contributed by atoms with van der Waals surface area (Å²) in [6, 6.07) is 33.1. The van der Waals surface area contributed by atoms with Crippen LogP contribution in [0.25, 0.3) is 27.6 Å². The first-order valence-electron chi connectivity index (χ1n) is 11.1. The Morgan fingerprint density at radius 1 is 0.735 bits per heavy atom. The molecule has 2 nitrogen and oxygen atoms in total. The molecule has 5 heteroatoms. The molecule has 1 N–H and O–H groups in total. The fourth-order valence-corrected chi connectivity index (χ4v) is 4.89. The van der Waals surface area contributed by atoms with Crippen LogP contribution >= 0.6 is 17.9 Å². The van der Waals surface area contributed by atoms with Gasteiger partial charge in [-0.1, -0.05) is 120 Å². The number of phenols is 1. The number of aromatic hydroxyl groups is 1. The molecule has 0 heterocycles. The van der Waals surface area contributed by atoms with Crippen molar-refractivity contribution in [3.05, 3.63) is 108 Å². The average molecular weight is 522 g/mol. The van der Waals surface area contributed by atoms with Crippen molar-refractivity contribution in [3.63, 3.8) is 0 Å². The third kappa shape index (κ3) is 7.28. The SMILES string of the molecule is CC(C)(C)[N-]Cc1ccccc1Pc1cc(-c2ccccc2)cc(-c2ccccc2)c1O.[Cl][Ti+]. The number of phenolic OH excluding ortho intramolecular Hbond substituents is 1. The summed E-state index contributed by atoms with van der Waals surface area (Å²) in [5.41, 5.74) is 5.28. The summed E-state index contributed by atoms with van der Waals surface area (Å²) >= 11 is 1.47. The van der Waals surface area contributed by atoms with E-state index >= 15 is 0 Å². The first kappa shape index (κ1) is 26.7. The van der Waals surface area contributed by atoms with Crippen LogP contribution in [-0.2, 0) is 25.9 Å². The van der Waals surface area contributed by atoms with Crippen LogP contribution in [0.2, 0.25) is 0 Å². The van der Waals surface area contributed by atoms with Crippen molar-refractivity contribution in [1.29, 1.82) is 0 Å². The average Bonchev–Trinajstić information content (AvgIpc) is 2.86. The first-order valence-corrected chi connectivity index (χ1v) is 14.3. The Labute approximate surface area is 220 Å². The Bertz CT molecular complexity index is 1190. The normalized spacial score (nSPS) is 11.3. The molecule has 4 aromatic carbocycles. The van der Waals surface area contributed by atoms with Crippen molar-refractivity contribution >= 4 is 28.5 Å². The zero-order valence-electron chi connectivity index (χ0n) is 19.7. The summed E-state index contributed by atoms with van der Waals surface area (Å²) in [5, 5.41) is 18.3. The molecule has 4 aromatic rings. The molecule has 0 aliphatic heterocycles. The second-order valence-electron chi connectivity index (χ2n) is 8.92. The molecule has 4 rings (SSSR count). The van der Waals surface area contributed by atoms with Crippen molar-refractivity contribution in [2.75, 3.05) is 0 Å². The molecule has 1 unspecified atom stereocenters. The van der Waals surface area contributed by atoms with Gasteiger partial charge in [0.1, 0.15) is 5.75 Å². The van der Waals surface area contributed by atoms with Crippen LogP contribution in [0.15, 0.2) is 97.1 Å². The molecule has 34 heavy (non-hydrogen) atoms. The van der Waals surface area contributed by atoms with Gasteiger partial charge in [-0.25, -0.2) is 0 Å². The summed E-state index contributed by atoms with van der Waals surface area (Å²) in [6.45, 7) is 7.05. The fourth-order valence-electron chi connectivity index (χ4n) is 3.61. The van der Waals surface area contributed by atoms with E-state index in [0.29, 0.717) is 20.9 Å². The predicted octanol–water partition coefficient (Wildman–Crippen LogP) is 7.71. The molecule has 0 spiro atoms. The van der Waals surface area contributed by atoms with Crippen LogP contribution in [0.5, 0.6) is 5.75 Å². The second-order valence-corrected chi connectivity index (χ2v) is 10.2. The van der Waals surface area contributed by atoms with E-state index in [-0.39, 0.29) is 5.54 Å². The molecule has 0 radical (unpaired) electrons. The standard InChI is InChI=1S/C29H29NOP.ClH.Ti/c1-29(2,3)30-20-23-16-10-11-17-26(23)32-27-19-24(21-12-6-4-7-13-21)18-25(28(27)31)22-14-8-5-9-15-22;;/h4-19,31-32H,20H2,1-3H3;1H;/q-1;;+2/p-1. The monoisotopic (exact) mass is 521 g/mol. The molecule has 0 amide bonds. The molecular formula is C29H29ClNOPTi. The Morgan fingerprint density at radius 3 is 1.91 bits per heavy atom. The number of halogens is 1. The van der Waals surface area contributed by atoms with Gasteiger partial charge in [-0.3, -0.25) is 0 Å². The second kappa shape index (κ2) is 12.7. The van der Waals surface area contributed by atoms with Gasteiger partial charge in [0.05, 0.1) is 0 Å². The summed E-state index contributed by atoms with van der Waals surface area (Å²) in [7, 11) is 4.98. The van der Waals surface area contributed by atoms with Crippen molar-refractivity contribution in [1.82, 2.24) is 0 Å². The summed E-state index contributed by atoms with van der Waals surface area (Å²) < 4.78 is 0. The molecule has 0 saturated carbocycles. The zero-order valence-corrected chi connectivity index (χ0v) is 23.0. The Morgan fingerprint density at radius 2 is 1.29 bits per heavy atom. The van der Waals surface area contributed by atoms with Gasteiger partial charge in [0.15, 0.2) is 0 Å². The topological polar surface area (TPSA) is 34.3 Å². The molecular weight excluding hydrogens is 493 g/mol. The number of hydrogen-bond acceptors (Lipinski definition) is 1. The van der Waals surface area contributed by atoms with Crippen molar-refractivity contribution in [2.45, 2.75) is 32.9 Å². The van der Waals surface area contributed by atoms with E-state index < -0.39 is 0 Å². The number of hydrogen-bond donors (Lipinski definition) is 1. The third-order valence-corrected chi connectivity index (χ3v) is 6.72. The fraction of sp³-hybridized carbons (Fsp3) is 0.172. The summed E-state index contributed by atoms with van der Waals surface area (Å²) in [6.07, 6.45) is 0. The molecule has 0 fully saturated rings. The quantitative estimate of drug-likeness (QED) is 0.205. The maximum atomic E-state index is 11.3. The van der Waals surface area contributed by atoms with E-state index in [1.54, 1.807) is 0 Å². The van der Waals surface area contributed by atoms with Crippen LogP contribution in [0, 0.1) is 0 Å². The van der Waals surface area contributed by atoms with Crippen LogP contribution in [0.3, 0.4) is 0 Å². The molecule has 172 valence electrons. The van der Waals surface area contributed by atoms with E-state index in [1.807, 2.05) is 36.4 Å². The Hall–Kier alpha value is -1.93. The van der Waals surface area contributed by atoms with Crippen molar-refractivity contribution < 1.29 is 24.5 Å². The number of nitrogens with zero attached hydrogens (tertiary/aromatic N) is 1. The number of benzene rings is 4. The van der Waals surface area contributed by atoms with Gasteiger partial charge in [0, 0.05) is 10.9 Å². The van der Waals surface area contributed by atoms with E-state index in [4.69, 9.17) is 5.32 Å². The minimum absolute atomic E-state index is 0.0773. The summed E-state index contributed by atoms with van der Waals surface area (Å²) in [5.74, 6) is 0.358. The van der Waals surface area contributed by atoms with Crippen LogP contribution in [0.4, 0.5) is 0 Å². The van der Waals surface area contributed by atoms with E-state index in [0.717, 1.165) is 27.6 Å². The van der Waals surface area contributed by atoms with Gasteiger partial charge in [-0.15, -0.1) is 12.1 Å². The Kier molecular flexibility index (Phi) is 9.95.